The van der Waals surface area contributed by atoms with E-state index in [9.17, 15) is 4.79 Å². The van der Waals surface area contributed by atoms with Crippen LogP contribution in [0.4, 0.5) is 5.69 Å². The second kappa shape index (κ2) is 5.83. The zero-order chi connectivity index (χ0) is 13.9. The number of likely N-dealkylation sites (N-methyl/N-ethyl adjacent to an activating group) is 1. The maximum atomic E-state index is 12.3. The summed E-state index contributed by atoms with van der Waals surface area (Å²) in [6, 6.07) is 5.92. The molecule has 1 aliphatic carbocycles. The predicted octanol–water partition coefficient (Wildman–Crippen LogP) is 2.15. The van der Waals surface area contributed by atoms with E-state index in [0.29, 0.717) is 13.2 Å². The summed E-state index contributed by atoms with van der Waals surface area (Å²) in [6.45, 7) is 3.11. The smallest absolute Gasteiger partial charge is 0.253 e. The second-order valence-electron chi connectivity index (χ2n) is 5.79. The topological polar surface area (TPSA) is 41.6 Å². The van der Waals surface area contributed by atoms with Crippen LogP contribution in [0.5, 0.6) is 0 Å². The first-order valence-electron chi connectivity index (χ1n) is 7.44. The highest BCUT2D eigenvalue weighted by atomic mass is 16.5. The number of benzene rings is 1. The number of fused-ring (bicyclic) bond motifs is 1. The van der Waals surface area contributed by atoms with E-state index in [1.54, 1.807) is 4.90 Å². The Bertz CT molecular complexity index is 497. The Morgan fingerprint density at radius 1 is 1.45 bits per heavy atom. The van der Waals surface area contributed by atoms with E-state index in [0.717, 1.165) is 36.7 Å². The molecule has 3 rings (SSSR count). The minimum atomic E-state index is 0.0784. The summed E-state index contributed by atoms with van der Waals surface area (Å²) in [5.74, 6) is 0.856. The van der Waals surface area contributed by atoms with Gasteiger partial charge >= 0.3 is 0 Å². The van der Waals surface area contributed by atoms with E-state index in [-0.39, 0.29) is 5.91 Å². The number of nitrogens with zero attached hydrogens (tertiary/aromatic N) is 1. The van der Waals surface area contributed by atoms with Crippen molar-refractivity contribution in [3.8, 4) is 0 Å². The Hall–Kier alpha value is -1.55. The maximum Gasteiger partial charge on any atom is 0.253 e. The Morgan fingerprint density at radius 2 is 2.30 bits per heavy atom. The Labute approximate surface area is 120 Å². The lowest BCUT2D eigenvalue weighted by molar-refractivity contribution is 0.0681. The first-order chi connectivity index (χ1) is 9.74. The number of ether oxygens (including phenoxy) is 1. The molecule has 0 bridgehead atoms. The van der Waals surface area contributed by atoms with Crippen molar-refractivity contribution in [3.05, 3.63) is 29.3 Å². The van der Waals surface area contributed by atoms with Gasteiger partial charge in [-0.2, -0.15) is 0 Å². The molecule has 0 spiro atoms. The summed E-state index contributed by atoms with van der Waals surface area (Å²) in [7, 11) is 1.84. The third-order valence-electron chi connectivity index (χ3n) is 4.03. The first-order valence-corrected chi connectivity index (χ1v) is 7.44. The maximum absolute atomic E-state index is 12.3. The highest BCUT2D eigenvalue weighted by molar-refractivity contribution is 5.94. The molecule has 4 heteroatoms. The van der Waals surface area contributed by atoms with Gasteiger partial charge in [-0.1, -0.05) is 0 Å². The number of carbonyl (C=O) groups excluding carboxylic acids is 1. The molecule has 1 heterocycles. The Balaban J connectivity index is 1.51. The van der Waals surface area contributed by atoms with E-state index in [4.69, 9.17) is 4.74 Å². The number of amides is 1. The van der Waals surface area contributed by atoms with Crippen molar-refractivity contribution in [3.63, 3.8) is 0 Å². The SMILES string of the molecule is CN(CCOCC1CC1)C(=O)c1ccc2c(c1)CCN2. The molecule has 1 aromatic rings. The van der Waals surface area contributed by atoms with Gasteiger partial charge in [-0.25, -0.2) is 0 Å². The summed E-state index contributed by atoms with van der Waals surface area (Å²) in [4.78, 5) is 14.1. The molecule has 1 fully saturated rings. The monoisotopic (exact) mass is 274 g/mol. The van der Waals surface area contributed by atoms with Crippen LogP contribution in [0.1, 0.15) is 28.8 Å². The molecule has 1 aromatic carbocycles. The van der Waals surface area contributed by atoms with Gasteiger partial charge in [0.1, 0.15) is 0 Å². The first kappa shape index (κ1) is 13.4. The molecule has 0 saturated heterocycles. The predicted molar refractivity (Wildman–Crippen MR) is 79.1 cm³/mol. The fourth-order valence-electron chi connectivity index (χ4n) is 2.50. The quantitative estimate of drug-likeness (QED) is 0.808. The number of carbonyl (C=O) groups is 1. The van der Waals surface area contributed by atoms with Crippen molar-refractivity contribution in [1.82, 2.24) is 4.90 Å². The largest absolute Gasteiger partial charge is 0.384 e. The van der Waals surface area contributed by atoms with E-state index < -0.39 is 0 Å². The summed E-state index contributed by atoms with van der Waals surface area (Å²) in [5, 5.41) is 3.31. The fourth-order valence-corrected chi connectivity index (χ4v) is 2.50. The number of nitrogens with one attached hydrogen (secondary N) is 1. The summed E-state index contributed by atoms with van der Waals surface area (Å²) in [5.41, 5.74) is 3.18. The lowest BCUT2D eigenvalue weighted by Crippen LogP contribution is -2.30. The molecule has 2 aliphatic rings. The minimum absolute atomic E-state index is 0.0784. The molecule has 20 heavy (non-hydrogen) atoms. The minimum Gasteiger partial charge on any atom is -0.384 e. The molecule has 1 aliphatic heterocycles. The van der Waals surface area contributed by atoms with Crippen molar-refractivity contribution in [2.45, 2.75) is 19.3 Å². The highest BCUT2D eigenvalue weighted by Gasteiger charge is 2.21. The van der Waals surface area contributed by atoms with Gasteiger partial charge in [0, 0.05) is 38.0 Å². The zero-order valence-electron chi connectivity index (χ0n) is 12.0. The van der Waals surface area contributed by atoms with Gasteiger partial charge < -0.3 is 15.0 Å². The molecule has 1 amide bonds. The number of hydrogen-bond acceptors (Lipinski definition) is 3. The number of hydrogen-bond donors (Lipinski definition) is 1. The lowest BCUT2D eigenvalue weighted by atomic mass is 10.1. The summed E-state index contributed by atoms with van der Waals surface area (Å²) >= 11 is 0. The average molecular weight is 274 g/mol. The number of rotatable bonds is 6. The van der Waals surface area contributed by atoms with Crippen LogP contribution in [-0.4, -0.2) is 44.2 Å². The van der Waals surface area contributed by atoms with Gasteiger partial charge in [0.05, 0.1) is 6.61 Å². The summed E-state index contributed by atoms with van der Waals surface area (Å²) < 4.78 is 5.58. The highest BCUT2D eigenvalue weighted by Crippen LogP contribution is 2.28. The molecule has 1 N–H and O–H groups in total. The molecule has 108 valence electrons. The van der Waals surface area contributed by atoms with Crippen molar-refractivity contribution < 1.29 is 9.53 Å². The number of anilines is 1. The fraction of sp³-hybridized carbons (Fsp3) is 0.562. The van der Waals surface area contributed by atoms with Crippen LogP contribution in [0.15, 0.2) is 18.2 Å². The van der Waals surface area contributed by atoms with Crippen molar-refractivity contribution >= 4 is 11.6 Å². The van der Waals surface area contributed by atoms with Gasteiger partial charge in [-0.3, -0.25) is 4.79 Å². The van der Waals surface area contributed by atoms with Crippen molar-refractivity contribution in [2.24, 2.45) is 5.92 Å². The van der Waals surface area contributed by atoms with Crippen LogP contribution in [0.3, 0.4) is 0 Å². The summed E-state index contributed by atoms with van der Waals surface area (Å²) in [6.07, 6.45) is 3.61. The van der Waals surface area contributed by atoms with E-state index in [2.05, 4.69) is 5.32 Å². The third-order valence-corrected chi connectivity index (χ3v) is 4.03. The Morgan fingerprint density at radius 3 is 3.10 bits per heavy atom. The van der Waals surface area contributed by atoms with Gasteiger partial charge in [-0.05, 0) is 48.9 Å². The molecular formula is C16H22N2O2. The van der Waals surface area contributed by atoms with E-state index >= 15 is 0 Å². The molecule has 1 saturated carbocycles. The van der Waals surface area contributed by atoms with E-state index in [1.165, 1.54) is 18.4 Å². The van der Waals surface area contributed by atoms with Crippen LogP contribution < -0.4 is 5.32 Å². The molecule has 0 atom stereocenters. The standard InChI is InChI=1S/C16H22N2O2/c1-18(8-9-20-11-12-2-3-12)16(19)14-4-5-15-13(10-14)6-7-17-15/h4-5,10,12,17H,2-3,6-9,11H2,1H3. The molecule has 0 radical (unpaired) electrons. The van der Waals surface area contributed by atoms with Gasteiger partial charge in [-0.15, -0.1) is 0 Å². The van der Waals surface area contributed by atoms with Gasteiger partial charge in [0.25, 0.3) is 5.91 Å². The van der Waals surface area contributed by atoms with Crippen LogP contribution >= 0.6 is 0 Å². The van der Waals surface area contributed by atoms with Crippen LogP contribution in [0, 0.1) is 5.92 Å². The second-order valence-corrected chi connectivity index (χ2v) is 5.79. The van der Waals surface area contributed by atoms with Crippen molar-refractivity contribution in [2.75, 3.05) is 38.7 Å². The molecule has 0 aromatic heterocycles. The van der Waals surface area contributed by atoms with Crippen LogP contribution in [-0.2, 0) is 11.2 Å². The third kappa shape index (κ3) is 3.12. The van der Waals surface area contributed by atoms with Crippen LogP contribution in [0.2, 0.25) is 0 Å². The average Bonchev–Trinajstić information content (AvgIpc) is 3.17. The van der Waals surface area contributed by atoms with Gasteiger partial charge in [0.2, 0.25) is 0 Å². The lowest BCUT2D eigenvalue weighted by Gasteiger charge is -2.17. The molecular weight excluding hydrogens is 252 g/mol. The molecule has 4 nitrogen and oxygen atoms in total. The van der Waals surface area contributed by atoms with Crippen LogP contribution in [0.25, 0.3) is 0 Å². The zero-order valence-corrected chi connectivity index (χ0v) is 12.0. The molecule has 0 unspecified atom stereocenters. The van der Waals surface area contributed by atoms with Gasteiger partial charge in [0.15, 0.2) is 0 Å². The van der Waals surface area contributed by atoms with Crippen molar-refractivity contribution in [1.29, 1.82) is 0 Å². The van der Waals surface area contributed by atoms with E-state index in [1.807, 2.05) is 25.2 Å². The normalized spacial score (nSPS) is 16.6. The Kier molecular flexibility index (Phi) is 3.92.